The van der Waals surface area contributed by atoms with Crippen molar-refractivity contribution in [3.8, 4) is 6.07 Å². The Labute approximate surface area is 154 Å². The first-order valence-corrected chi connectivity index (χ1v) is 9.22. The molecule has 0 saturated carbocycles. The number of carbonyl (C=O) groups is 2. The molecule has 0 spiro atoms. The summed E-state index contributed by atoms with van der Waals surface area (Å²) in [5.74, 6) is -0.895. The second-order valence-corrected chi connectivity index (χ2v) is 7.25. The SMILES string of the molecule is N#CC1=C(SCC(N)=O)NC2=C(C(=O)CCC2)[C@H]1c1ccccc1Cl. The lowest BCUT2D eigenvalue weighted by atomic mass is 9.77. The fraction of sp³-hybridized carbons (Fsp3) is 0.278. The Hall–Kier alpha value is -2.23. The third-order valence-electron chi connectivity index (χ3n) is 4.24. The number of benzene rings is 1. The molecule has 1 aliphatic carbocycles. The first-order valence-electron chi connectivity index (χ1n) is 7.86. The Bertz CT molecular complexity index is 854. The zero-order valence-electron chi connectivity index (χ0n) is 13.3. The van der Waals surface area contributed by atoms with E-state index in [0.29, 0.717) is 27.6 Å². The number of nitrogens with two attached hydrogens (primary N) is 1. The van der Waals surface area contributed by atoms with Gasteiger partial charge >= 0.3 is 0 Å². The number of allylic oxidation sites excluding steroid dienone is 3. The fourth-order valence-electron chi connectivity index (χ4n) is 3.20. The molecule has 1 aromatic carbocycles. The Morgan fingerprint density at radius 2 is 2.16 bits per heavy atom. The molecule has 0 bridgehead atoms. The summed E-state index contributed by atoms with van der Waals surface area (Å²) < 4.78 is 0. The van der Waals surface area contributed by atoms with Crippen LogP contribution in [-0.4, -0.2) is 17.4 Å². The maximum Gasteiger partial charge on any atom is 0.227 e. The van der Waals surface area contributed by atoms with Crippen LogP contribution >= 0.6 is 23.4 Å². The van der Waals surface area contributed by atoms with Gasteiger partial charge in [0.05, 0.1) is 28.3 Å². The molecule has 1 aromatic rings. The normalized spacial score (nSPS) is 20.0. The highest BCUT2D eigenvalue weighted by molar-refractivity contribution is 8.03. The monoisotopic (exact) mass is 373 g/mol. The number of thioether (sulfide) groups is 1. The molecular formula is C18H16ClN3O2S. The van der Waals surface area contributed by atoms with Crippen molar-refractivity contribution in [2.24, 2.45) is 5.73 Å². The van der Waals surface area contributed by atoms with E-state index in [2.05, 4.69) is 11.4 Å². The van der Waals surface area contributed by atoms with Crippen LogP contribution in [-0.2, 0) is 9.59 Å². The van der Waals surface area contributed by atoms with Crippen molar-refractivity contribution in [1.82, 2.24) is 5.32 Å². The molecule has 3 N–H and O–H groups in total. The van der Waals surface area contributed by atoms with E-state index in [1.165, 1.54) is 11.8 Å². The summed E-state index contributed by atoms with van der Waals surface area (Å²) in [4.78, 5) is 23.8. The smallest absolute Gasteiger partial charge is 0.227 e. The Morgan fingerprint density at radius 1 is 1.40 bits per heavy atom. The highest BCUT2D eigenvalue weighted by atomic mass is 35.5. The number of nitriles is 1. The lowest BCUT2D eigenvalue weighted by Crippen LogP contribution is -2.32. The number of primary amides is 1. The molecule has 0 fully saturated rings. The number of nitrogens with zero attached hydrogens (tertiary/aromatic N) is 1. The van der Waals surface area contributed by atoms with Crippen LogP contribution in [0.2, 0.25) is 5.02 Å². The lowest BCUT2D eigenvalue weighted by Gasteiger charge is -2.33. The molecule has 3 rings (SSSR count). The molecule has 0 unspecified atom stereocenters. The quantitative estimate of drug-likeness (QED) is 0.845. The van der Waals surface area contributed by atoms with E-state index in [0.717, 1.165) is 24.1 Å². The summed E-state index contributed by atoms with van der Waals surface area (Å²) in [6, 6.07) is 9.43. The van der Waals surface area contributed by atoms with Crippen LogP contribution in [0.4, 0.5) is 0 Å². The summed E-state index contributed by atoms with van der Waals surface area (Å²) in [6.45, 7) is 0. The van der Waals surface area contributed by atoms with Gasteiger partial charge in [-0.15, -0.1) is 0 Å². The number of hydrogen-bond donors (Lipinski definition) is 2. The van der Waals surface area contributed by atoms with Crippen LogP contribution in [0.5, 0.6) is 0 Å². The van der Waals surface area contributed by atoms with Crippen molar-refractivity contribution in [2.45, 2.75) is 25.2 Å². The summed E-state index contributed by atoms with van der Waals surface area (Å²) in [6.07, 6.45) is 1.95. The predicted molar refractivity (Wildman–Crippen MR) is 97.5 cm³/mol. The number of dihydropyridines is 1. The molecule has 5 nitrogen and oxygen atoms in total. The number of amides is 1. The predicted octanol–water partition coefficient (Wildman–Crippen LogP) is 2.99. The second-order valence-electron chi connectivity index (χ2n) is 5.86. The van der Waals surface area contributed by atoms with Crippen LogP contribution in [0.3, 0.4) is 0 Å². The Kier molecular flexibility index (Phi) is 5.16. The van der Waals surface area contributed by atoms with Crippen LogP contribution in [0.15, 0.2) is 46.1 Å². The highest BCUT2D eigenvalue weighted by Gasteiger charge is 2.37. The first-order chi connectivity index (χ1) is 12.0. The Balaban J connectivity index is 2.15. The summed E-state index contributed by atoms with van der Waals surface area (Å²) >= 11 is 7.55. The van der Waals surface area contributed by atoms with E-state index in [1.54, 1.807) is 6.07 Å². The number of carbonyl (C=O) groups excluding carboxylic acids is 2. The van der Waals surface area contributed by atoms with Crippen molar-refractivity contribution in [2.75, 3.05) is 5.75 Å². The van der Waals surface area contributed by atoms with Gasteiger partial charge < -0.3 is 11.1 Å². The van der Waals surface area contributed by atoms with Crippen molar-refractivity contribution < 1.29 is 9.59 Å². The van der Waals surface area contributed by atoms with Crippen LogP contribution in [0, 0.1) is 11.3 Å². The summed E-state index contributed by atoms with van der Waals surface area (Å²) in [7, 11) is 0. The van der Waals surface area contributed by atoms with Gasteiger partial charge in [-0.3, -0.25) is 9.59 Å². The molecule has 1 aliphatic heterocycles. The summed E-state index contributed by atoms with van der Waals surface area (Å²) in [5.41, 5.74) is 7.78. The molecule has 25 heavy (non-hydrogen) atoms. The average molecular weight is 374 g/mol. The minimum Gasteiger partial charge on any atom is -0.369 e. The van der Waals surface area contributed by atoms with Crippen molar-refractivity contribution in [3.63, 3.8) is 0 Å². The van der Waals surface area contributed by atoms with E-state index in [4.69, 9.17) is 17.3 Å². The summed E-state index contributed by atoms with van der Waals surface area (Å²) in [5, 5.41) is 14.0. The van der Waals surface area contributed by atoms with E-state index >= 15 is 0 Å². The van der Waals surface area contributed by atoms with Crippen molar-refractivity contribution in [1.29, 1.82) is 5.26 Å². The third-order valence-corrected chi connectivity index (χ3v) is 5.62. The van der Waals surface area contributed by atoms with Gasteiger partial charge in [0.1, 0.15) is 0 Å². The maximum absolute atomic E-state index is 12.6. The number of Topliss-reactive ketones (excluding diaryl/α,β-unsaturated/α-hetero) is 1. The maximum atomic E-state index is 12.6. The van der Waals surface area contributed by atoms with E-state index in [1.807, 2.05) is 18.2 Å². The molecule has 2 aliphatic rings. The molecule has 0 radical (unpaired) electrons. The molecule has 1 atom stereocenters. The molecule has 128 valence electrons. The van der Waals surface area contributed by atoms with E-state index in [9.17, 15) is 14.9 Å². The second kappa shape index (κ2) is 7.34. The first kappa shape index (κ1) is 17.6. The van der Waals surface area contributed by atoms with Gasteiger partial charge in [0, 0.05) is 22.7 Å². The van der Waals surface area contributed by atoms with Crippen molar-refractivity contribution in [3.05, 3.63) is 56.7 Å². The standard InChI is InChI=1S/C18H16ClN3O2S/c19-12-5-2-1-4-10(12)16-11(8-20)18(25-9-15(21)24)22-13-6-3-7-14(23)17(13)16/h1-2,4-5,16,22H,3,6-7,9H2,(H2,21,24)/t16-/m0/s1. The van der Waals surface area contributed by atoms with Crippen LogP contribution in [0.1, 0.15) is 30.7 Å². The molecule has 0 aromatic heterocycles. The number of ketones is 1. The van der Waals surface area contributed by atoms with Gasteiger partial charge in [0.2, 0.25) is 5.91 Å². The van der Waals surface area contributed by atoms with Gasteiger partial charge in [-0.25, -0.2) is 0 Å². The van der Waals surface area contributed by atoms with Gasteiger partial charge in [0.25, 0.3) is 0 Å². The minimum absolute atomic E-state index is 0.0328. The molecule has 7 heteroatoms. The topological polar surface area (TPSA) is 96.0 Å². The molecular weight excluding hydrogens is 358 g/mol. The molecule has 1 amide bonds. The van der Waals surface area contributed by atoms with Gasteiger partial charge in [-0.2, -0.15) is 5.26 Å². The number of hydrogen-bond acceptors (Lipinski definition) is 5. The van der Waals surface area contributed by atoms with Crippen LogP contribution < -0.4 is 11.1 Å². The zero-order chi connectivity index (χ0) is 18.0. The lowest BCUT2D eigenvalue weighted by molar-refractivity contribution is -0.116. The van der Waals surface area contributed by atoms with Gasteiger partial charge in [0.15, 0.2) is 5.78 Å². The average Bonchev–Trinajstić information content (AvgIpc) is 2.59. The Morgan fingerprint density at radius 3 is 2.84 bits per heavy atom. The molecule has 0 saturated heterocycles. The largest absolute Gasteiger partial charge is 0.369 e. The third kappa shape index (κ3) is 3.44. The number of halogens is 1. The van der Waals surface area contributed by atoms with Crippen LogP contribution in [0.25, 0.3) is 0 Å². The number of nitrogens with one attached hydrogen (secondary N) is 1. The van der Waals surface area contributed by atoms with Gasteiger partial charge in [-0.1, -0.05) is 41.6 Å². The van der Waals surface area contributed by atoms with E-state index in [-0.39, 0.29) is 11.5 Å². The van der Waals surface area contributed by atoms with Gasteiger partial charge in [-0.05, 0) is 24.5 Å². The molecule has 1 heterocycles. The highest BCUT2D eigenvalue weighted by Crippen LogP contribution is 2.45. The zero-order valence-corrected chi connectivity index (χ0v) is 14.9. The van der Waals surface area contributed by atoms with E-state index < -0.39 is 11.8 Å². The van der Waals surface area contributed by atoms with Crippen molar-refractivity contribution >= 4 is 35.1 Å². The minimum atomic E-state index is -0.516. The fourth-order valence-corrected chi connectivity index (χ4v) is 4.25. The number of rotatable bonds is 4.